The van der Waals surface area contributed by atoms with Crippen LogP contribution in [0.1, 0.15) is 28.4 Å². The van der Waals surface area contributed by atoms with Crippen molar-refractivity contribution in [1.29, 1.82) is 0 Å². The van der Waals surface area contributed by atoms with Crippen LogP contribution in [-0.4, -0.2) is 27.9 Å². The van der Waals surface area contributed by atoms with Gasteiger partial charge in [0, 0.05) is 5.56 Å². The molecule has 0 aromatic heterocycles. The largest absolute Gasteiger partial charge is 0.478 e. The van der Waals surface area contributed by atoms with E-state index in [1.807, 2.05) is 49.4 Å². The van der Waals surface area contributed by atoms with Gasteiger partial charge in [-0.1, -0.05) is 54.6 Å². The van der Waals surface area contributed by atoms with E-state index in [0.717, 1.165) is 27.6 Å². The van der Waals surface area contributed by atoms with Crippen molar-refractivity contribution in [2.24, 2.45) is 10.2 Å². The van der Waals surface area contributed by atoms with E-state index in [-0.39, 0.29) is 11.5 Å². The monoisotopic (exact) mass is 415 g/mol. The van der Waals surface area contributed by atoms with Gasteiger partial charge in [0.1, 0.15) is 0 Å². The fraction of sp³-hybridized carbons (Fsp3) is 0.0435. The van der Waals surface area contributed by atoms with Gasteiger partial charge in [-0.25, -0.2) is 4.79 Å². The Labute approximate surface area is 177 Å². The highest BCUT2D eigenvalue weighted by atomic mass is 32.2. The Morgan fingerprint density at radius 3 is 2.53 bits per heavy atom. The van der Waals surface area contributed by atoms with Gasteiger partial charge < -0.3 is 5.11 Å². The lowest BCUT2D eigenvalue weighted by Crippen LogP contribution is -2.19. The number of benzene rings is 3. The van der Waals surface area contributed by atoms with E-state index in [1.54, 1.807) is 18.2 Å². The topological polar surface area (TPSA) is 91.1 Å². The summed E-state index contributed by atoms with van der Waals surface area (Å²) in [5, 5.41) is 22.8. The van der Waals surface area contributed by atoms with E-state index < -0.39 is 5.97 Å². The van der Waals surface area contributed by atoms with Gasteiger partial charge in [-0.15, -0.1) is 5.10 Å². The molecule has 0 saturated carbocycles. The molecule has 0 atom stereocenters. The number of aromatic carboxylic acids is 1. The van der Waals surface area contributed by atoms with E-state index in [9.17, 15) is 9.59 Å². The van der Waals surface area contributed by atoms with Gasteiger partial charge in [0.05, 0.1) is 16.2 Å². The third-order valence-corrected chi connectivity index (χ3v) is 5.48. The summed E-state index contributed by atoms with van der Waals surface area (Å²) in [7, 11) is 0. The number of carbonyl (C=O) groups is 2. The molecule has 0 unspecified atom stereocenters. The van der Waals surface area contributed by atoms with Crippen molar-refractivity contribution < 1.29 is 14.7 Å². The Kier molecular flexibility index (Phi) is 5.45. The van der Waals surface area contributed by atoms with E-state index >= 15 is 0 Å². The number of thioether (sulfide) groups is 1. The van der Waals surface area contributed by atoms with Crippen molar-refractivity contribution >= 4 is 51.4 Å². The molecule has 1 saturated heterocycles. The van der Waals surface area contributed by atoms with Gasteiger partial charge in [0.2, 0.25) is 0 Å². The van der Waals surface area contributed by atoms with Crippen molar-refractivity contribution in [3.8, 4) is 0 Å². The van der Waals surface area contributed by atoms with Gasteiger partial charge >= 0.3 is 5.97 Å². The van der Waals surface area contributed by atoms with E-state index in [0.29, 0.717) is 10.1 Å². The number of amidine groups is 1. The molecule has 1 fully saturated rings. The zero-order valence-corrected chi connectivity index (χ0v) is 16.8. The van der Waals surface area contributed by atoms with Gasteiger partial charge in [-0.3, -0.25) is 10.1 Å². The van der Waals surface area contributed by atoms with E-state index in [2.05, 4.69) is 15.5 Å². The van der Waals surface area contributed by atoms with Crippen LogP contribution in [-0.2, 0) is 4.79 Å². The number of nitrogens with one attached hydrogen (secondary N) is 1. The maximum atomic E-state index is 12.2. The minimum atomic E-state index is -0.990. The first-order chi connectivity index (χ1) is 14.5. The fourth-order valence-electron chi connectivity index (χ4n) is 3.06. The molecular weight excluding hydrogens is 398 g/mol. The van der Waals surface area contributed by atoms with Crippen LogP contribution in [0.4, 0.5) is 0 Å². The highest BCUT2D eigenvalue weighted by Gasteiger charge is 2.24. The molecule has 148 valence electrons. The van der Waals surface area contributed by atoms with Crippen LogP contribution < -0.4 is 5.32 Å². The molecule has 30 heavy (non-hydrogen) atoms. The molecule has 0 bridgehead atoms. The van der Waals surface area contributed by atoms with E-state index in [4.69, 9.17) is 5.11 Å². The minimum Gasteiger partial charge on any atom is -0.478 e. The normalized spacial score (nSPS) is 17.0. The van der Waals surface area contributed by atoms with Crippen molar-refractivity contribution in [1.82, 2.24) is 5.32 Å². The van der Waals surface area contributed by atoms with Crippen LogP contribution in [0, 0.1) is 0 Å². The molecule has 0 radical (unpaired) electrons. The van der Waals surface area contributed by atoms with Gasteiger partial charge in [0.25, 0.3) is 5.91 Å². The molecule has 3 aromatic rings. The van der Waals surface area contributed by atoms with Gasteiger partial charge in [-0.05, 0) is 53.2 Å². The molecule has 2 N–H and O–H groups in total. The molecule has 1 aliphatic rings. The van der Waals surface area contributed by atoms with Crippen LogP contribution in [0.25, 0.3) is 16.8 Å². The molecular formula is C23H17N3O3S. The lowest BCUT2D eigenvalue weighted by atomic mass is 10.0. The smallest absolute Gasteiger partial charge is 0.335 e. The summed E-state index contributed by atoms with van der Waals surface area (Å²) < 4.78 is 0. The summed E-state index contributed by atoms with van der Waals surface area (Å²) in [6.45, 7) is 1.88. The molecule has 6 nitrogen and oxygen atoms in total. The summed E-state index contributed by atoms with van der Waals surface area (Å²) in [6.07, 6.45) is 1.69. The van der Waals surface area contributed by atoms with Crippen molar-refractivity contribution in [2.45, 2.75) is 6.92 Å². The highest BCUT2D eigenvalue weighted by molar-refractivity contribution is 8.18. The summed E-state index contributed by atoms with van der Waals surface area (Å²) in [4.78, 5) is 23.6. The summed E-state index contributed by atoms with van der Waals surface area (Å²) in [5.41, 5.74) is 2.66. The first-order valence-electron chi connectivity index (χ1n) is 9.16. The second-order valence-corrected chi connectivity index (χ2v) is 7.64. The van der Waals surface area contributed by atoms with Crippen LogP contribution in [0.5, 0.6) is 0 Å². The number of nitrogens with zero attached hydrogens (tertiary/aromatic N) is 2. The molecule has 1 amide bonds. The second kappa shape index (κ2) is 8.34. The standard InChI is InChI=1S/C23H17N3O3S/c1-14(18-8-4-6-16-5-2-3-7-19(16)18)25-26-23-24-21(27)20(30-23)13-15-9-11-17(12-10-15)22(28)29/h2-13H,1H3,(H,28,29)(H,24,26,27)/b20-13+,25-14-. The number of rotatable bonds is 4. The number of fused-ring (bicyclic) bond motifs is 1. The number of carboxylic acids is 1. The van der Waals surface area contributed by atoms with Crippen molar-refractivity contribution in [3.63, 3.8) is 0 Å². The SMILES string of the molecule is C/C(=N/N=C1\NC(=O)/C(=C\c2ccc(C(=O)O)cc2)S1)c1cccc2ccccc12. The fourth-order valence-corrected chi connectivity index (χ4v) is 3.84. The number of hydrogen-bond acceptors (Lipinski definition) is 5. The van der Waals surface area contributed by atoms with Crippen LogP contribution in [0.2, 0.25) is 0 Å². The summed E-state index contributed by atoms with van der Waals surface area (Å²) in [6, 6.07) is 20.4. The van der Waals surface area contributed by atoms with E-state index in [1.165, 1.54) is 23.9 Å². The zero-order valence-electron chi connectivity index (χ0n) is 16.0. The Morgan fingerprint density at radius 2 is 1.77 bits per heavy atom. The number of carbonyl (C=O) groups excluding carboxylic acids is 1. The average Bonchev–Trinajstić information content (AvgIpc) is 3.11. The Balaban J connectivity index is 1.55. The first kappa shape index (κ1) is 19.6. The first-order valence-corrected chi connectivity index (χ1v) is 9.97. The van der Waals surface area contributed by atoms with Crippen LogP contribution in [0.3, 0.4) is 0 Å². The van der Waals surface area contributed by atoms with Crippen LogP contribution in [0.15, 0.2) is 81.8 Å². The predicted molar refractivity (Wildman–Crippen MR) is 121 cm³/mol. The number of amides is 1. The second-order valence-electron chi connectivity index (χ2n) is 6.61. The average molecular weight is 415 g/mol. The molecule has 3 aromatic carbocycles. The summed E-state index contributed by atoms with van der Waals surface area (Å²) >= 11 is 1.19. The zero-order chi connectivity index (χ0) is 21.1. The Morgan fingerprint density at radius 1 is 1.03 bits per heavy atom. The molecule has 0 aliphatic carbocycles. The molecule has 7 heteroatoms. The van der Waals surface area contributed by atoms with Gasteiger partial charge in [-0.2, -0.15) is 5.10 Å². The van der Waals surface area contributed by atoms with Crippen molar-refractivity contribution in [2.75, 3.05) is 0 Å². The van der Waals surface area contributed by atoms with Crippen molar-refractivity contribution in [3.05, 3.63) is 88.3 Å². The van der Waals surface area contributed by atoms with Crippen LogP contribution >= 0.6 is 11.8 Å². The quantitative estimate of drug-likeness (QED) is 0.372. The number of hydrogen-bond donors (Lipinski definition) is 2. The lowest BCUT2D eigenvalue weighted by molar-refractivity contribution is -0.115. The molecule has 1 aliphatic heterocycles. The molecule has 1 heterocycles. The maximum Gasteiger partial charge on any atom is 0.335 e. The molecule has 4 rings (SSSR count). The number of carboxylic acid groups (broad SMARTS) is 1. The Hall–Kier alpha value is -3.71. The minimum absolute atomic E-state index is 0.196. The third kappa shape index (κ3) is 4.16. The summed E-state index contributed by atoms with van der Waals surface area (Å²) in [5.74, 6) is -1.25. The maximum absolute atomic E-state index is 12.2. The van der Waals surface area contributed by atoms with Gasteiger partial charge in [0.15, 0.2) is 5.17 Å². The lowest BCUT2D eigenvalue weighted by Gasteiger charge is -2.04. The predicted octanol–water partition coefficient (Wildman–Crippen LogP) is 4.52. The third-order valence-electron chi connectivity index (χ3n) is 4.58. The molecule has 0 spiro atoms. The highest BCUT2D eigenvalue weighted by Crippen LogP contribution is 2.26. The Bertz CT molecular complexity index is 1240.